The fourth-order valence-electron chi connectivity index (χ4n) is 4.25. The molecule has 1 aliphatic rings. The summed E-state index contributed by atoms with van der Waals surface area (Å²) in [5.41, 5.74) is 7.50. The molecule has 0 aliphatic carbocycles. The molecule has 10 heteroatoms. The summed E-state index contributed by atoms with van der Waals surface area (Å²) in [6.45, 7) is -0.239. The van der Waals surface area contributed by atoms with Crippen LogP contribution in [0.5, 0.6) is 0 Å². The van der Waals surface area contributed by atoms with E-state index >= 15 is 0 Å². The maximum atomic E-state index is 13.3. The first-order valence-corrected chi connectivity index (χ1v) is 11.8. The molecule has 0 spiro atoms. The number of carbonyl (C=O) groups excluding carboxylic acids is 3. The molecule has 3 aromatic rings. The van der Waals surface area contributed by atoms with Crippen molar-refractivity contribution in [2.75, 3.05) is 0 Å². The number of nitrogens with one attached hydrogen (secondary N) is 1. The van der Waals surface area contributed by atoms with E-state index in [1.165, 1.54) is 10.9 Å². The monoisotopic (exact) mass is 501 g/mol. The van der Waals surface area contributed by atoms with E-state index in [0.29, 0.717) is 0 Å². The number of amidine groups is 1. The summed E-state index contributed by atoms with van der Waals surface area (Å²) in [7, 11) is 0. The highest BCUT2D eigenvalue weighted by atomic mass is 16.4. The second kappa shape index (κ2) is 11.4. The Morgan fingerprint density at radius 1 is 1.00 bits per heavy atom. The number of benzene rings is 2. The van der Waals surface area contributed by atoms with Crippen molar-refractivity contribution in [3.63, 3.8) is 0 Å². The minimum atomic E-state index is -1.08. The number of carboxylic acid groups (broad SMARTS) is 1. The molecule has 0 bridgehead atoms. The Labute approximate surface area is 213 Å². The van der Waals surface area contributed by atoms with Crippen molar-refractivity contribution in [1.82, 2.24) is 14.9 Å². The number of imidazole rings is 1. The summed E-state index contributed by atoms with van der Waals surface area (Å²) >= 11 is 0. The van der Waals surface area contributed by atoms with E-state index in [4.69, 9.17) is 5.73 Å². The minimum Gasteiger partial charge on any atom is -0.481 e. The first-order valence-electron chi connectivity index (χ1n) is 11.8. The molecule has 0 saturated carbocycles. The highest BCUT2D eigenvalue weighted by Gasteiger charge is 2.29. The molecule has 0 fully saturated rings. The van der Waals surface area contributed by atoms with Gasteiger partial charge in [0.2, 0.25) is 5.91 Å². The average Bonchev–Trinajstić information content (AvgIpc) is 3.27. The fraction of sp³-hybridized carbons (Fsp3) is 0.259. The first-order chi connectivity index (χ1) is 17.8. The van der Waals surface area contributed by atoms with Gasteiger partial charge in [0, 0.05) is 6.42 Å². The van der Waals surface area contributed by atoms with E-state index in [1.54, 1.807) is 0 Å². The van der Waals surface area contributed by atoms with Gasteiger partial charge in [-0.1, -0.05) is 60.7 Å². The lowest BCUT2D eigenvalue weighted by Crippen LogP contribution is -2.44. The number of aromatic nitrogens is 2. The predicted octanol–water partition coefficient (Wildman–Crippen LogP) is 2.09. The molecule has 1 aliphatic heterocycles. The van der Waals surface area contributed by atoms with Crippen molar-refractivity contribution in [1.29, 1.82) is 0 Å². The van der Waals surface area contributed by atoms with Crippen LogP contribution in [0.4, 0.5) is 5.82 Å². The number of hydrogen-bond donors (Lipinski definition) is 3. The van der Waals surface area contributed by atoms with Crippen LogP contribution in [-0.2, 0) is 33.8 Å². The van der Waals surface area contributed by atoms with Gasteiger partial charge in [0.05, 0.1) is 24.7 Å². The van der Waals surface area contributed by atoms with Gasteiger partial charge in [0.1, 0.15) is 12.4 Å². The van der Waals surface area contributed by atoms with Crippen LogP contribution in [0.1, 0.15) is 34.5 Å². The number of amides is 1. The Balaban J connectivity index is 1.50. The second-order valence-electron chi connectivity index (χ2n) is 8.95. The van der Waals surface area contributed by atoms with Gasteiger partial charge in [-0.3, -0.25) is 19.2 Å². The number of fused-ring (bicyclic) bond motifs is 1. The second-order valence-corrected chi connectivity index (χ2v) is 8.95. The molecule has 2 aromatic carbocycles. The molecule has 2 heterocycles. The molecule has 10 nitrogen and oxygen atoms in total. The molecular weight excluding hydrogens is 474 g/mol. The van der Waals surface area contributed by atoms with E-state index in [2.05, 4.69) is 15.3 Å². The number of nitrogens with zero attached hydrogens (tertiary/aromatic N) is 3. The summed E-state index contributed by atoms with van der Waals surface area (Å²) in [5.74, 6) is -2.85. The average molecular weight is 502 g/mol. The molecule has 1 aromatic heterocycles. The van der Waals surface area contributed by atoms with Crippen LogP contribution >= 0.6 is 0 Å². The van der Waals surface area contributed by atoms with Gasteiger partial charge in [0.15, 0.2) is 23.1 Å². The van der Waals surface area contributed by atoms with Crippen molar-refractivity contribution < 1.29 is 24.3 Å². The number of carbonyl (C=O) groups is 4. The number of carboxylic acids is 1. The van der Waals surface area contributed by atoms with E-state index in [1.807, 2.05) is 60.7 Å². The predicted molar refractivity (Wildman–Crippen MR) is 135 cm³/mol. The zero-order valence-electron chi connectivity index (χ0n) is 20.0. The largest absolute Gasteiger partial charge is 0.481 e. The number of Topliss-reactive ketones (excluding diaryl/α,β-unsaturated/α-hetero) is 2. The molecule has 2 atom stereocenters. The Kier molecular flexibility index (Phi) is 7.87. The molecule has 2 unspecified atom stereocenters. The number of rotatable bonds is 11. The number of aliphatic carboxylic acids is 1. The van der Waals surface area contributed by atoms with Crippen molar-refractivity contribution in [3.8, 4) is 0 Å². The third kappa shape index (κ3) is 6.54. The van der Waals surface area contributed by atoms with Crippen LogP contribution in [0.25, 0.3) is 0 Å². The van der Waals surface area contributed by atoms with Crippen molar-refractivity contribution in [2.45, 2.75) is 38.3 Å². The maximum absolute atomic E-state index is 13.3. The summed E-state index contributed by atoms with van der Waals surface area (Å²) in [4.78, 5) is 58.6. The third-order valence-electron chi connectivity index (χ3n) is 6.11. The van der Waals surface area contributed by atoms with Gasteiger partial charge in [-0.25, -0.2) is 9.98 Å². The van der Waals surface area contributed by atoms with Crippen LogP contribution < -0.4 is 11.1 Å². The standard InChI is InChI=1S/C27H27N5O5/c28-23-14-22(34)25-26(31-23)32(16-29-25)15-24(35)30-20(12-18-9-5-2-6-10-18)21(33)13-19(27(36)37)11-17-7-3-1-4-8-17/h1-10,16,19-20H,11-15H2,(H2,28,31)(H,30,35)(H,36,37). The zero-order valence-corrected chi connectivity index (χ0v) is 20.0. The lowest BCUT2D eigenvalue weighted by atomic mass is 9.90. The number of aliphatic imine (C=N–C) groups is 1. The third-order valence-corrected chi connectivity index (χ3v) is 6.11. The molecular formula is C27H27N5O5. The van der Waals surface area contributed by atoms with Crippen LogP contribution in [0.2, 0.25) is 0 Å². The highest BCUT2D eigenvalue weighted by Crippen LogP contribution is 2.24. The molecule has 0 radical (unpaired) electrons. The first kappa shape index (κ1) is 25.5. The van der Waals surface area contributed by atoms with Gasteiger partial charge in [-0.15, -0.1) is 0 Å². The summed E-state index contributed by atoms with van der Waals surface area (Å²) in [6.07, 6.45) is 1.46. The quantitative estimate of drug-likeness (QED) is 0.363. The SMILES string of the molecule is NC1=Nc2c(ncn2CC(=O)NC(Cc2ccccc2)C(=O)CC(Cc2ccccc2)C(=O)O)C(=O)C1. The van der Waals surface area contributed by atoms with Gasteiger partial charge in [-0.05, 0) is 24.0 Å². The van der Waals surface area contributed by atoms with E-state index in [9.17, 15) is 24.3 Å². The van der Waals surface area contributed by atoms with Crippen molar-refractivity contribution in [2.24, 2.45) is 16.6 Å². The Bertz CT molecular complexity index is 1330. The highest BCUT2D eigenvalue weighted by molar-refractivity contribution is 6.13. The number of ketones is 2. The van der Waals surface area contributed by atoms with Crippen LogP contribution in [-0.4, -0.2) is 50.0 Å². The smallest absolute Gasteiger partial charge is 0.307 e. The normalized spacial score (nSPS) is 14.3. The van der Waals surface area contributed by atoms with Gasteiger partial charge >= 0.3 is 5.97 Å². The van der Waals surface area contributed by atoms with Gasteiger partial charge in [-0.2, -0.15) is 0 Å². The van der Waals surface area contributed by atoms with Crippen LogP contribution in [0, 0.1) is 5.92 Å². The summed E-state index contributed by atoms with van der Waals surface area (Å²) in [6, 6.07) is 17.3. The van der Waals surface area contributed by atoms with Crippen molar-refractivity contribution >= 4 is 35.1 Å². The lowest BCUT2D eigenvalue weighted by molar-refractivity contribution is -0.144. The molecule has 37 heavy (non-hydrogen) atoms. The topological polar surface area (TPSA) is 157 Å². The minimum absolute atomic E-state index is 0.0302. The lowest BCUT2D eigenvalue weighted by Gasteiger charge is -2.21. The Morgan fingerprint density at radius 2 is 1.62 bits per heavy atom. The summed E-state index contributed by atoms with van der Waals surface area (Å²) in [5, 5.41) is 12.5. The molecule has 190 valence electrons. The number of hydrogen-bond acceptors (Lipinski definition) is 7. The van der Waals surface area contributed by atoms with Crippen LogP contribution in [0.15, 0.2) is 72.0 Å². The maximum Gasteiger partial charge on any atom is 0.307 e. The molecule has 0 saturated heterocycles. The van der Waals surface area contributed by atoms with E-state index in [-0.39, 0.29) is 61.1 Å². The Morgan fingerprint density at radius 3 is 2.24 bits per heavy atom. The van der Waals surface area contributed by atoms with Crippen LogP contribution in [0.3, 0.4) is 0 Å². The van der Waals surface area contributed by atoms with Gasteiger partial charge < -0.3 is 20.7 Å². The van der Waals surface area contributed by atoms with Gasteiger partial charge in [0.25, 0.3) is 0 Å². The fourth-order valence-corrected chi connectivity index (χ4v) is 4.25. The summed E-state index contributed by atoms with van der Waals surface area (Å²) < 4.78 is 1.40. The van der Waals surface area contributed by atoms with E-state index < -0.39 is 23.8 Å². The Hall–Kier alpha value is -4.60. The molecule has 4 N–H and O–H groups in total. The van der Waals surface area contributed by atoms with E-state index in [0.717, 1.165) is 11.1 Å². The molecule has 1 amide bonds. The van der Waals surface area contributed by atoms with Crippen molar-refractivity contribution in [3.05, 3.63) is 83.8 Å². The molecule has 4 rings (SSSR count). The zero-order chi connectivity index (χ0) is 26.4. The number of nitrogens with two attached hydrogens (primary N) is 1.